The molecule has 1 aliphatic carbocycles. The SMILES string of the molecule is CC[C@H](CO)NC(=O)C1CCCCCC1N. The van der Waals surface area contributed by atoms with Crippen LogP contribution in [0.25, 0.3) is 0 Å². The van der Waals surface area contributed by atoms with Gasteiger partial charge in [-0.25, -0.2) is 0 Å². The van der Waals surface area contributed by atoms with Gasteiger partial charge in [0, 0.05) is 6.04 Å². The molecule has 4 heteroatoms. The Labute approximate surface area is 97.6 Å². The van der Waals surface area contributed by atoms with Gasteiger partial charge in [0.1, 0.15) is 0 Å². The zero-order valence-electron chi connectivity index (χ0n) is 10.1. The van der Waals surface area contributed by atoms with Crippen LogP contribution in [0.5, 0.6) is 0 Å². The summed E-state index contributed by atoms with van der Waals surface area (Å²) >= 11 is 0. The summed E-state index contributed by atoms with van der Waals surface area (Å²) in [5.41, 5.74) is 6.02. The summed E-state index contributed by atoms with van der Waals surface area (Å²) in [5, 5.41) is 11.9. The molecule has 2 unspecified atom stereocenters. The van der Waals surface area contributed by atoms with Crippen molar-refractivity contribution in [3.05, 3.63) is 0 Å². The van der Waals surface area contributed by atoms with E-state index in [1.54, 1.807) is 0 Å². The summed E-state index contributed by atoms with van der Waals surface area (Å²) in [6, 6.07) is -0.137. The van der Waals surface area contributed by atoms with Crippen LogP contribution in [0.2, 0.25) is 0 Å². The quantitative estimate of drug-likeness (QED) is 0.622. The maximum Gasteiger partial charge on any atom is 0.224 e. The fraction of sp³-hybridized carbons (Fsp3) is 0.917. The monoisotopic (exact) mass is 228 g/mol. The lowest BCUT2D eigenvalue weighted by atomic mass is 9.94. The number of nitrogens with one attached hydrogen (secondary N) is 1. The first kappa shape index (κ1) is 13.5. The van der Waals surface area contributed by atoms with Gasteiger partial charge in [-0.3, -0.25) is 4.79 Å². The number of hydrogen-bond donors (Lipinski definition) is 3. The third-order valence-corrected chi connectivity index (χ3v) is 3.47. The van der Waals surface area contributed by atoms with Gasteiger partial charge >= 0.3 is 0 Å². The highest BCUT2D eigenvalue weighted by atomic mass is 16.3. The second kappa shape index (κ2) is 6.86. The standard InChI is InChI=1S/C12H24N2O2/c1-2-9(8-15)14-12(16)10-6-4-3-5-7-11(10)13/h9-11,15H,2-8,13H2,1H3,(H,14,16)/t9-,10?,11?/m1/s1. The molecule has 1 aliphatic rings. The smallest absolute Gasteiger partial charge is 0.224 e. The van der Waals surface area contributed by atoms with Gasteiger partial charge in [0.2, 0.25) is 5.91 Å². The van der Waals surface area contributed by atoms with E-state index in [2.05, 4.69) is 5.32 Å². The maximum absolute atomic E-state index is 12.0. The van der Waals surface area contributed by atoms with Gasteiger partial charge in [-0.15, -0.1) is 0 Å². The summed E-state index contributed by atoms with van der Waals surface area (Å²) in [6.45, 7) is 1.96. The van der Waals surface area contributed by atoms with Crippen LogP contribution in [0.3, 0.4) is 0 Å². The number of hydrogen-bond acceptors (Lipinski definition) is 3. The molecule has 0 aliphatic heterocycles. The van der Waals surface area contributed by atoms with E-state index in [-0.39, 0.29) is 30.5 Å². The van der Waals surface area contributed by atoms with E-state index in [4.69, 9.17) is 10.8 Å². The molecule has 0 heterocycles. The molecule has 4 N–H and O–H groups in total. The second-order valence-corrected chi connectivity index (χ2v) is 4.70. The number of rotatable bonds is 4. The van der Waals surface area contributed by atoms with Crippen LogP contribution in [0, 0.1) is 5.92 Å². The Bertz CT molecular complexity index is 217. The molecule has 0 saturated heterocycles. The molecule has 0 radical (unpaired) electrons. The number of carbonyl (C=O) groups is 1. The molecule has 0 aromatic heterocycles. The van der Waals surface area contributed by atoms with E-state index in [1.807, 2.05) is 6.92 Å². The number of aliphatic hydroxyl groups is 1. The van der Waals surface area contributed by atoms with Crippen molar-refractivity contribution in [3.8, 4) is 0 Å². The Hall–Kier alpha value is -0.610. The highest BCUT2D eigenvalue weighted by Crippen LogP contribution is 2.22. The van der Waals surface area contributed by atoms with Gasteiger partial charge in [-0.2, -0.15) is 0 Å². The van der Waals surface area contributed by atoms with Crippen LogP contribution in [0.4, 0.5) is 0 Å². The Balaban J connectivity index is 2.50. The molecule has 0 bridgehead atoms. The first-order chi connectivity index (χ1) is 7.69. The van der Waals surface area contributed by atoms with Crippen molar-refractivity contribution in [1.82, 2.24) is 5.32 Å². The summed E-state index contributed by atoms with van der Waals surface area (Å²) in [4.78, 5) is 12.0. The van der Waals surface area contributed by atoms with Gasteiger partial charge in [0.25, 0.3) is 0 Å². The van der Waals surface area contributed by atoms with Crippen LogP contribution in [-0.4, -0.2) is 29.7 Å². The lowest BCUT2D eigenvalue weighted by Gasteiger charge is -2.23. The van der Waals surface area contributed by atoms with Gasteiger partial charge in [-0.1, -0.05) is 26.2 Å². The van der Waals surface area contributed by atoms with E-state index in [0.29, 0.717) is 0 Å². The highest BCUT2D eigenvalue weighted by molar-refractivity contribution is 5.79. The van der Waals surface area contributed by atoms with Gasteiger partial charge < -0.3 is 16.2 Å². The fourth-order valence-corrected chi connectivity index (χ4v) is 2.25. The van der Waals surface area contributed by atoms with E-state index >= 15 is 0 Å². The first-order valence-corrected chi connectivity index (χ1v) is 6.35. The largest absolute Gasteiger partial charge is 0.394 e. The summed E-state index contributed by atoms with van der Waals surface area (Å²) in [5.74, 6) is -0.0431. The molecular weight excluding hydrogens is 204 g/mol. The lowest BCUT2D eigenvalue weighted by molar-refractivity contribution is -0.126. The average Bonchev–Trinajstić information content (AvgIpc) is 2.50. The van der Waals surface area contributed by atoms with Gasteiger partial charge in [0.15, 0.2) is 0 Å². The van der Waals surface area contributed by atoms with Gasteiger partial charge in [0.05, 0.1) is 18.6 Å². The molecule has 1 fully saturated rings. The molecule has 1 saturated carbocycles. The molecule has 3 atom stereocenters. The summed E-state index contributed by atoms with van der Waals surface area (Å²) in [6.07, 6.45) is 5.96. The Kier molecular flexibility index (Phi) is 5.77. The summed E-state index contributed by atoms with van der Waals surface area (Å²) in [7, 11) is 0. The van der Waals surface area contributed by atoms with Crippen LogP contribution < -0.4 is 11.1 Å². The van der Waals surface area contributed by atoms with E-state index in [1.165, 1.54) is 6.42 Å². The molecule has 1 amide bonds. The van der Waals surface area contributed by atoms with Crippen LogP contribution >= 0.6 is 0 Å². The van der Waals surface area contributed by atoms with Crippen molar-refractivity contribution >= 4 is 5.91 Å². The van der Waals surface area contributed by atoms with E-state index in [0.717, 1.165) is 32.1 Å². The average molecular weight is 228 g/mol. The predicted octanol–water partition coefficient (Wildman–Crippen LogP) is 0.781. The highest BCUT2D eigenvalue weighted by Gasteiger charge is 2.27. The fourth-order valence-electron chi connectivity index (χ4n) is 2.25. The number of aliphatic hydroxyl groups excluding tert-OH is 1. The molecule has 0 aromatic rings. The number of carbonyl (C=O) groups excluding carboxylic acids is 1. The molecule has 94 valence electrons. The predicted molar refractivity (Wildman–Crippen MR) is 63.9 cm³/mol. The Morgan fingerprint density at radius 2 is 2.12 bits per heavy atom. The Morgan fingerprint density at radius 3 is 2.75 bits per heavy atom. The minimum absolute atomic E-state index is 0.00416. The van der Waals surface area contributed by atoms with Crippen molar-refractivity contribution in [2.75, 3.05) is 6.61 Å². The Morgan fingerprint density at radius 1 is 1.44 bits per heavy atom. The third kappa shape index (κ3) is 3.76. The lowest BCUT2D eigenvalue weighted by Crippen LogP contribution is -2.46. The van der Waals surface area contributed by atoms with Gasteiger partial charge in [-0.05, 0) is 19.3 Å². The zero-order valence-corrected chi connectivity index (χ0v) is 10.1. The van der Waals surface area contributed by atoms with E-state index in [9.17, 15) is 4.79 Å². The van der Waals surface area contributed by atoms with Crippen molar-refractivity contribution in [2.24, 2.45) is 11.7 Å². The molecule has 4 nitrogen and oxygen atoms in total. The molecule has 1 rings (SSSR count). The van der Waals surface area contributed by atoms with Crippen LogP contribution in [0.1, 0.15) is 45.4 Å². The number of amides is 1. The third-order valence-electron chi connectivity index (χ3n) is 3.47. The topological polar surface area (TPSA) is 75.3 Å². The summed E-state index contributed by atoms with van der Waals surface area (Å²) < 4.78 is 0. The minimum Gasteiger partial charge on any atom is -0.394 e. The molecular formula is C12H24N2O2. The molecule has 16 heavy (non-hydrogen) atoms. The van der Waals surface area contributed by atoms with Crippen LogP contribution in [-0.2, 0) is 4.79 Å². The van der Waals surface area contributed by atoms with Crippen molar-refractivity contribution in [3.63, 3.8) is 0 Å². The van der Waals surface area contributed by atoms with Crippen LogP contribution in [0.15, 0.2) is 0 Å². The maximum atomic E-state index is 12.0. The first-order valence-electron chi connectivity index (χ1n) is 6.35. The molecule has 0 spiro atoms. The van der Waals surface area contributed by atoms with Crippen molar-refractivity contribution in [1.29, 1.82) is 0 Å². The second-order valence-electron chi connectivity index (χ2n) is 4.70. The van der Waals surface area contributed by atoms with Crippen molar-refractivity contribution in [2.45, 2.75) is 57.5 Å². The number of nitrogens with two attached hydrogens (primary N) is 1. The minimum atomic E-state index is -0.122. The molecule has 0 aromatic carbocycles. The van der Waals surface area contributed by atoms with Crippen molar-refractivity contribution < 1.29 is 9.90 Å². The normalized spacial score (nSPS) is 28.2. The van der Waals surface area contributed by atoms with E-state index < -0.39 is 0 Å². The zero-order chi connectivity index (χ0) is 12.0.